The number of morpholine rings is 1. The number of halogens is 2. The van der Waals surface area contributed by atoms with Gasteiger partial charge in [0.25, 0.3) is 5.89 Å². The third kappa shape index (κ3) is 4.06. The summed E-state index contributed by atoms with van der Waals surface area (Å²) in [5, 5.41) is 4.92. The minimum atomic E-state index is -0.338. The molecule has 2 aromatic rings. The lowest BCUT2D eigenvalue weighted by atomic mass is 10.1. The van der Waals surface area contributed by atoms with Gasteiger partial charge >= 0.3 is 0 Å². The molecule has 2 heterocycles. The molecule has 24 heavy (non-hydrogen) atoms. The first kappa shape index (κ1) is 17.2. The van der Waals surface area contributed by atoms with Gasteiger partial charge in [-0.1, -0.05) is 28.4 Å². The largest absolute Gasteiger partial charge is 0.377 e. The van der Waals surface area contributed by atoms with E-state index < -0.39 is 0 Å². The molecular formula is C16H17Cl2N3O3. The Bertz CT molecular complexity index is 715. The fourth-order valence-corrected chi connectivity index (χ4v) is 3.28. The van der Waals surface area contributed by atoms with E-state index in [1.54, 1.807) is 17.9 Å². The Labute approximate surface area is 149 Å². The minimum absolute atomic E-state index is 0.00949. The van der Waals surface area contributed by atoms with Crippen LogP contribution in [0.5, 0.6) is 0 Å². The predicted molar refractivity (Wildman–Crippen MR) is 89.1 cm³/mol. The molecule has 1 saturated heterocycles. The van der Waals surface area contributed by atoms with Crippen LogP contribution in [-0.2, 0) is 16.0 Å². The first-order valence-electron chi connectivity index (χ1n) is 7.65. The van der Waals surface area contributed by atoms with Crippen LogP contribution >= 0.6 is 23.2 Å². The van der Waals surface area contributed by atoms with Crippen molar-refractivity contribution >= 4 is 29.1 Å². The predicted octanol–water partition coefficient (Wildman–Crippen LogP) is 3.22. The molecule has 1 unspecified atom stereocenters. The van der Waals surface area contributed by atoms with Crippen molar-refractivity contribution in [2.75, 3.05) is 19.8 Å². The van der Waals surface area contributed by atoms with Crippen LogP contribution < -0.4 is 0 Å². The average Bonchev–Trinajstić information content (AvgIpc) is 2.98. The van der Waals surface area contributed by atoms with E-state index in [9.17, 15) is 4.79 Å². The van der Waals surface area contributed by atoms with Crippen LogP contribution in [0.25, 0.3) is 0 Å². The molecule has 0 spiro atoms. The SMILES string of the molecule is Cc1noc(C2COCCN2C(=O)CCc2cc(Cl)cc(Cl)c2)n1. The van der Waals surface area contributed by atoms with Gasteiger partial charge in [-0.25, -0.2) is 0 Å². The first-order valence-corrected chi connectivity index (χ1v) is 8.41. The number of carbonyl (C=O) groups is 1. The van der Waals surface area contributed by atoms with E-state index in [-0.39, 0.29) is 11.9 Å². The van der Waals surface area contributed by atoms with Gasteiger partial charge in [-0.05, 0) is 37.1 Å². The summed E-state index contributed by atoms with van der Waals surface area (Å²) in [4.78, 5) is 18.6. The topological polar surface area (TPSA) is 68.5 Å². The molecule has 1 amide bonds. The van der Waals surface area contributed by atoms with E-state index in [4.69, 9.17) is 32.5 Å². The summed E-state index contributed by atoms with van der Waals surface area (Å²) < 4.78 is 10.7. The van der Waals surface area contributed by atoms with Crippen LogP contribution in [0.15, 0.2) is 22.7 Å². The number of hydrogen-bond donors (Lipinski definition) is 0. The summed E-state index contributed by atoms with van der Waals surface area (Å²) in [7, 11) is 0. The van der Waals surface area contributed by atoms with Crippen molar-refractivity contribution in [3.8, 4) is 0 Å². The van der Waals surface area contributed by atoms with Crippen molar-refractivity contribution in [3.05, 3.63) is 45.5 Å². The highest BCUT2D eigenvalue weighted by Crippen LogP contribution is 2.25. The van der Waals surface area contributed by atoms with Gasteiger partial charge in [0.05, 0.1) is 13.2 Å². The van der Waals surface area contributed by atoms with Gasteiger partial charge in [0.2, 0.25) is 5.91 Å². The third-order valence-electron chi connectivity index (χ3n) is 3.83. The van der Waals surface area contributed by atoms with E-state index in [0.29, 0.717) is 54.4 Å². The van der Waals surface area contributed by atoms with Crippen molar-refractivity contribution in [1.29, 1.82) is 0 Å². The van der Waals surface area contributed by atoms with Gasteiger partial charge in [0.1, 0.15) is 6.04 Å². The highest BCUT2D eigenvalue weighted by Gasteiger charge is 2.32. The van der Waals surface area contributed by atoms with Gasteiger partial charge in [-0.2, -0.15) is 4.98 Å². The molecule has 0 saturated carbocycles. The van der Waals surface area contributed by atoms with E-state index >= 15 is 0 Å². The van der Waals surface area contributed by atoms with Crippen molar-refractivity contribution in [3.63, 3.8) is 0 Å². The molecule has 6 nitrogen and oxygen atoms in total. The monoisotopic (exact) mass is 369 g/mol. The van der Waals surface area contributed by atoms with Gasteiger partial charge in [-0.3, -0.25) is 4.79 Å². The molecule has 1 aliphatic heterocycles. The standard InChI is InChI=1S/C16H17Cl2N3O3/c1-10-19-16(24-20-10)14-9-23-5-4-21(14)15(22)3-2-11-6-12(17)8-13(18)7-11/h6-8,14H,2-5,9H2,1H3. The summed E-state index contributed by atoms with van der Waals surface area (Å²) in [5.41, 5.74) is 0.930. The molecule has 0 N–H and O–H groups in total. The molecule has 1 aromatic carbocycles. The normalized spacial score (nSPS) is 18.0. The van der Waals surface area contributed by atoms with Gasteiger partial charge in [0.15, 0.2) is 5.82 Å². The number of rotatable bonds is 4. The van der Waals surface area contributed by atoms with Crippen LogP contribution in [0.4, 0.5) is 0 Å². The van der Waals surface area contributed by atoms with Gasteiger partial charge in [-0.15, -0.1) is 0 Å². The number of aryl methyl sites for hydroxylation is 2. The van der Waals surface area contributed by atoms with E-state index in [1.807, 2.05) is 12.1 Å². The quantitative estimate of drug-likeness (QED) is 0.827. The number of aromatic nitrogens is 2. The lowest BCUT2D eigenvalue weighted by Crippen LogP contribution is -2.43. The van der Waals surface area contributed by atoms with Gasteiger partial charge < -0.3 is 14.2 Å². The second kappa shape index (κ2) is 7.51. The zero-order valence-electron chi connectivity index (χ0n) is 13.2. The van der Waals surface area contributed by atoms with Crippen molar-refractivity contribution in [1.82, 2.24) is 15.0 Å². The maximum absolute atomic E-state index is 12.6. The maximum Gasteiger partial charge on any atom is 0.251 e. The average molecular weight is 370 g/mol. The number of carbonyl (C=O) groups excluding carboxylic acids is 1. The summed E-state index contributed by atoms with van der Waals surface area (Å²) >= 11 is 12.0. The second-order valence-corrected chi connectivity index (χ2v) is 6.51. The summed E-state index contributed by atoms with van der Waals surface area (Å²) in [6.07, 6.45) is 0.909. The third-order valence-corrected chi connectivity index (χ3v) is 4.26. The Hall–Kier alpha value is -1.63. The molecule has 1 fully saturated rings. The van der Waals surface area contributed by atoms with Gasteiger partial charge in [0, 0.05) is 23.0 Å². The van der Waals surface area contributed by atoms with E-state index in [2.05, 4.69) is 10.1 Å². The van der Waals surface area contributed by atoms with E-state index in [1.165, 1.54) is 0 Å². The van der Waals surface area contributed by atoms with Crippen molar-refractivity contribution < 1.29 is 14.1 Å². The summed E-state index contributed by atoms with van der Waals surface area (Å²) in [6.45, 7) is 3.10. The smallest absolute Gasteiger partial charge is 0.251 e. The minimum Gasteiger partial charge on any atom is -0.377 e. The molecule has 8 heteroatoms. The number of benzene rings is 1. The van der Waals surface area contributed by atoms with Crippen LogP contribution in [-0.4, -0.2) is 40.7 Å². The Morgan fingerprint density at radius 2 is 2.08 bits per heavy atom. The van der Waals surface area contributed by atoms with Crippen molar-refractivity contribution in [2.24, 2.45) is 0 Å². The molecule has 0 radical (unpaired) electrons. The summed E-state index contributed by atoms with van der Waals surface area (Å²) in [6, 6.07) is 4.97. The zero-order chi connectivity index (χ0) is 17.1. The van der Waals surface area contributed by atoms with Crippen molar-refractivity contribution in [2.45, 2.75) is 25.8 Å². The van der Waals surface area contributed by atoms with Crippen LogP contribution in [0.1, 0.15) is 29.7 Å². The number of amides is 1. The fourth-order valence-electron chi connectivity index (χ4n) is 2.71. The Morgan fingerprint density at radius 1 is 1.33 bits per heavy atom. The Kier molecular flexibility index (Phi) is 5.38. The zero-order valence-corrected chi connectivity index (χ0v) is 14.7. The van der Waals surface area contributed by atoms with Crippen LogP contribution in [0, 0.1) is 6.92 Å². The Morgan fingerprint density at radius 3 is 2.75 bits per heavy atom. The molecule has 128 valence electrons. The molecular weight excluding hydrogens is 353 g/mol. The highest BCUT2D eigenvalue weighted by molar-refractivity contribution is 6.34. The van der Waals surface area contributed by atoms with Crippen LogP contribution in [0.3, 0.4) is 0 Å². The summed E-state index contributed by atoms with van der Waals surface area (Å²) in [5.74, 6) is 0.957. The Balaban J connectivity index is 1.68. The van der Waals surface area contributed by atoms with Crippen LogP contribution in [0.2, 0.25) is 10.0 Å². The molecule has 0 bridgehead atoms. The molecule has 1 aliphatic rings. The number of hydrogen-bond acceptors (Lipinski definition) is 5. The number of nitrogens with zero attached hydrogens (tertiary/aromatic N) is 3. The lowest BCUT2D eigenvalue weighted by molar-refractivity contribution is -0.141. The number of ether oxygens (including phenoxy) is 1. The second-order valence-electron chi connectivity index (χ2n) is 5.64. The first-order chi connectivity index (χ1) is 11.5. The fraction of sp³-hybridized carbons (Fsp3) is 0.438. The molecule has 3 rings (SSSR count). The molecule has 1 atom stereocenters. The highest BCUT2D eigenvalue weighted by atomic mass is 35.5. The molecule has 1 aromatic heterocycles. The maximum atomic E-state index is 12.6. The lowest BCUT2D eigenvalue weighted by Gasteiger charge is -2.33. The molecule has 0 aliphatic carbocycles. The van der Waals surface area contributed by atoms with E-state index in [0.717, 1.165) is 5.56 Å².